The number of hydrogen-bond acceptors (Lipinski definition) is 2. The topological polar surface area (TPSA) is 46.2 Å². The summed E-state index contributed by atoms with van der Waals surface area (Å²) in [5, 5.41) is 1.81. The highest BCUT2D eigenvalue weighted by molar-refractivity contribution is 7.92. The summed E-state index contributed by atoms with van der Waals surface area (Å²) in [7, 11) is -4.12. The molecular formula is C16H11F2NO2S. The first-order valence-corrected chi connectivity index (χ1v) is 7.91. The number of hydrogen-bond donors (Lipinski definition) is 1. The molecule has 0 saturated carbocycles. The third-order valence-corrected chi connectivity index (χ3v) is 4.60. The molecule has 1 N–H and O–H groups in total. The molecule has 3 rings (SSSR count). The normalized spacial score (nSPS) is 11.5. The smallest absolute Gasteiger partial charge is 0.264 e. The van der Waals surface area contributed by atoms with E-state index in [1.807, 2.05) is 24.3 Å². The minimum atomic E-state index is -4.12. The third kappa shape index (κ3) is 2.78. The first kappa shape index (κ1) is 14.5. The average molecular weight is 319 g/mol. The van der Waals surface area contributed by atoms with Gasteiger partial charge in [0.1, 0.15) is 16.5 Å². The molecule has 0 aliphatic carbocycles. The van der Waals surface area contributed by atoms with E-state index in [-0.39, 0.29) is 0 Å². The molecule has 3 nitrogen and oxygen atoms in total. The van der Waals surface area contributed by atoms with Crippen molar-refractivity contribution in [3.05, 3.63) is 72.3 Å². The van der Waals surface area contributed by atoms with E-state index in [4.69, 9.17) is 0 Å². The lowest BCUT2D eigenvalue weighted by atomic mass is 10.1. The predicted octanol–water partition coefficient (Wildman–Crippen LogP) is 3.92. The van der Waals surface area contributed by atoms with Crippen LogP contribution in [0.25, 0.3) is 10.8 Å². The molecule has 0 unspecified atom stereocenters. The fraction of sp³-hybridized carbons (Fsp3) is 0. The Kier molecular flexibility index (Phi) is 3.54. The van der Waals surface area contributed by atoms with Gasteiger partial charge in [0.15, 0.2) is 0 Å². The Hall–Kier alpha value is -2.47. The van der Waals surface area contributed by atoms with Crippen molar-refractivity contribution in [1.29, 1.82) is 0 Å². The van der Waals surface area contributed by atoms with Gasteiger partial charge in [-0.3, -0.25) is 4.72 Å². The molecular weight excluding hydrogens is 308 g/mol. The van der Waals surface area contributed by atoms with Crippen LogP contribution in [-0.2, 0) is 10.0 Å². The molecule has 0 heterocycles. The highest BCUT2D eigenvalue weighted by Crippen LogP contribution is 2.23. The second kappa shape index (κ2) is 5.38. The molecule has 6 heteroatoms. The SMILES string of the molecule is O=S(=O)(Nc1ccc2ccccc2c1)c1ccc(F)cc1F. The quantitative estimate of drug-likeness (QED) is 0.795. The molecule has 0 amide bonds. The van der Waals surface area contributed by atoms with Crippen molar-refractivity contribution in [2.45, 2.75) is 4.90 Å². The maximum absolute atomic E-state index is 13.6. The zero-order valence-corrected chi connectivity index (χ0v) is 12.1. The van der Waals surface area contributed by atoms with Crippen molar-refractivity contribution >= 4 is 26.5 Å². The van der Waals surface area contributed by atoms with Gasteiger partial charge in [0.2, 0.25) is 0 Å². The number of nitrogens with one attached hydrogen (secondary N) is 1. The zero-order chi connectivity index (χ0) is 15.7. The van der Waals surface area contributed by atoms with Crippen LogP contribution >= 0.6 is 0 Å². The lowest BCUT2D eigenvalue weighted by Gasteiger charge is -2.09. The summed E-state index contributed by atoms with van der Waals surface area (Å²) in [6.07, 6.45) is 0. The molecule has 0 atom stereocenters. The van der Waals surface area contributed by atoms with Gasteiger partial charge in [0, 0.05) is 11.8 Å². The van der Waals surface area contributed by atoms with Crippen LogP contribution in [0, 0.1) is 11.6 Å². The van der Waals surface area contributed by atoms with Gasteiger partial charge in [0.25, 0.3) is 10.0 Å². The molecule has 3 aromatic rings. The van der Waals surface area contributed by atoms with Crippen molar-refractivity contribution in [3.63, 3.8) is 0 Å². The molecule has 22 heavy (non-hydrogen) atoms. The van der Waals surface area contributed by atoms with E-state index >= 15 is 0 Å². The Morgan fingerprint density at radius 2 is 1.55 bits per heavy atom. The molecule has 0 bridgehead atoms. The number of halogens is 2. The first-order valence-electron chi connectivity index (χ1n) is 6.42. The molecule has 0 radical (unpaired) electrons. The minimum Gasteiger partial charge on any atom is -0.280 e. The molecule has 0 aliphatic rings. The fourth-order valence-electron chi connectivity index (χ4n) is 2.16. The molecule has 0 spiro atoms. The van der Waals surface area contributed by atoms with Gasteiger partial charge >= 0.3 is 0 Å². The van der Waals surface area contributed by atoms with Gasteiger partial charge in [-0.05, 0) is 35.0 Å². The van der Waals surface area contributed by atoms with Crippen LogP contribution in [0.4, 0.5) is 14.5 Å². The summed E-state index contributed by atoms with van der Waals surface area (Å²) in [4.78, 5) is -0.595. The van der Waals surface area contributed by atoms with Crippen molar-refractivity contribution < 1.29 is 17.2 Å². The summed E-state index contributed by atoms with van der Waals surface area (Å²) in [5.74, 6) is -1.96. The fourth-order valence-corrected chi connectivity index (χ4v) is 3.27. The number of fused-ring (bicyclic) bond motifs is 1. The first-order chi connectivity index (χ1) is 10.5. The summed E-state index contributed by atoms with van der Waals surface area (Å²) in [5.41, 5.74) is 0.308. The summed E-state index contributed by atoms with van der Waals surface area (Å²) >= 11 is 0. The van der Waals surface area contributed by atoms with Crippen LogP contribution in [0.5, 0.6) is 0 Å². The maximum atomic E-state index is 13.6. The Balaban J connectivity index is 1.99. The van der Waals surface area contributed by atoms with Gasteiger partial charge in [-0.15, -0.1) is 0 Å². The van der Waals surface area contributed by atoms with E-state index in [1.54, 1.807) is 18.2 Å². The maximum Gasteiger partial charge on any atom is 0.264 e. The van der Waals surface area contributed by atoms with E-state index in [0.29, 0.717) is 11.8 Å². The number of benzene rings is 3. The van der Waals surface area contributed by atoms with Gasteiger partial charge in [-0.25, -0.2) is 17.2 Å². The van der Waals surface area contributed by atoms with Crippen LogP contribution < -0.4 is 4.72 Å². The van der Waals surface area contributed by atoms with E-state index in [9.17, 15) is 17.2 Å². The largest absolute Gasteiger partial charge is 0.280 e. The zero-order valence-electron chi connectivity index (χ0n) is 11.3. The number of rotatable bonds is 3. The third-order valence-electron chi connectivity index (χ3n) is 3.19. The van der Waals surface area contributed by atoms with E-state index in [0.717, 1.165) is 22.9 Å². The van der Waals surface area contributed by atoms with E-state index < -0.39 is 26.6 Å². The predicted molar refractivity (Wildman–Crippen MR) is 81.1 cm³/mol. The monoisotopic (exact) mass is 319 g/mol. The molecule has 3 aromatic carbocycles. The molecule has 0 saturated heterocycles. The molecule has 0 aliphatic heterocycles. The molecule has 0 aromatic heterocycles. The standard InChI is InChI=1S/C16H11F2NO2S/c17-13-6-8-16(15(18)10-13)22(20,21)19-14-7-5-11-3-1-2-4-12(11)9-14/h1-10,19H. The van der Waals surface area contributed by atoms with Crippen LogP contribution in [0.1, 0.15) is 0 Å². The van der Waals surface area contributed by atoms with Gasteiger partial charge in [0.05, 0.1) is 0 Å². The Labute approximate surface area is 126 Å². The average Bonchev–Trinajstić information content (AvgIpc) is 2.46. The molecule has 0 fully saturated rings. The lowest BCUT2D eigenvalue weighted by molar-refractivity contribution is 0.551. The second-order valence-electron chi connectivity index (χ2n) is 4.74. The highest BCUT2D eigenvalue weighted by atomic mass is 32.2. The van der Waals surface area contributed by atoms with Crippen LogP contribution in [0.2, 0.25) is 0 Å². The van der Waals surface area contributed by atoms with E-state index in [2.05, 4.69) is 4.72 Å². The van der Waals surface area contributed by atoms with Gasteiger partial charge in [-0.1, -0.05) is 30.3 Å². The second-order valence-corrected chi connectivity index (χ2v) is 6.39. The van der Waals surface area contributed by atoms with Crippen molar-refractivity contribution in [2.24, 2.45) is 0 Å². The number of anilines is 1. The summed E-state index contributed by atoms with van der Waals surface area (Å²) in [6.45, 7) is 0. The van der Waals surface area contributed by atoms with Crippen LogP contribution in [0.3, 0.4) is 0 Å². The Morgan fingerprint density at radius 3 is 2.27 bits per heavy atom. The van der Waals surface area contributed by atoms with Gasteiger partial charge in [-0.2, -0.15) is 0 Å². The van der Waals surface area contributed by atoms with E-state index in [1.165, 1.54) is 0 Å². The highest BCUT2D eigenvalue weighted by Gasteiger charge is 2.19. The lowest BCUT2D eigenvalue weighted by Crippen LogP contribution is -2.14. The van der Waals surface area contributed by atoms with Crippen molar-refractivity contribution in [3.8, 4) is 0 Å². The van der Waals surface area contributed by atoms with Crippen LogP contribution in [0.15, 0.2) is 65.6 Å². The number of sulfonamides is 1. The van der Waals surface area contributed by atoms with Gasteiger partial charge < -0.3 is 0 Å². The minimum absolute atomic E-state index is 0.308. The Morgan fingerprint density at radius 1 is 0.818 bits per heavy atom. The van der Waals surface area contributed by atoms with Crippen molar-refractivity contribution in [1.82, 2.24) is 0 Å². The van der Waals surface area contributed by atoms with Crippen molar-refractivity contribution in [2.75, 3.05) is 4.72 Å². The Bertz CT molecular complexity index is 955. The summed E-state index contributed by atoms with van der Waals surface area (Å²) < 4.78 is 53.2. The van der Waals surface area contributed by atoms with Crippen LogP contribution in [-0.4, -0.2) is 8.42 Å². The molecule has 112 valence electrons. The summed E-state index contributed by atoms with van der Waals surface area (Å²) in [6, 6.07) is 14.8.